The largest absolute Gasteiger partial charge is 0.485 e. The van der Waals surface area contributed by atoms with Crippen LogP contribution in [0.25, 0.3) is 5.69 Å². The molecule has 0 amide bonds. The van der Waals surface area contributed by atoms with Gasteiger partial charge in [0.1, 0.15) is 12.4 Å². The van der Waals surface area contributed by atoms with E-state index in [2.05, 4.69) is 15.2 Å². The molecule has 2 aromatic carbocycles. The van der Waals surface area contributed by atoms with Gasteiger partial charge in [-0.1, -0.05) is 48.2 Å². The van der Waals surface area contributed by atoms with Crippen LogP contribution in [0.5, 0.6) is 5.75 Å². The number of rotatable bonds is 8. The van der Waals surface area contributed by atoms with Gasteiger partial charge in [-0.2, -0.15) is 0 Å². The van der Waals surface area contributed by atoms with E-state index in [1.165, 1.54) is 11.8 Å². The van der Waals surface area contributed by atoms with E-state index < -0.39 is 0 Å². The molecule has 4 rings (SSSR count). The number of aromatic amines is 1. The van der Waals surface area contributed by atoms with Gasteiger partial charge in [-0.25, -0.2) is 0 Å². The number of benzene rings is 2. The molecule has 0 saturated heterocycles. The maximum Gasteiger partial charge on any atom is 0.196 e. The highest BCUT2D eigenvalue weighted by atomic mass is 32.2. The first-order chi connectivity index (χ1) is 15.0. The molecule has 0 radical (unpaired) electrons. The summed E-state index contributed by atoms with van der Waals surface area (Å²) >= 11 is 1.38. The Balaban J connectivity index is 1.57. The summed E-state index contributed by atoms with van der Waals surface area (Å²) in [5.41, 5.74) is 4.58. The predicted octanol–water partition coefficient (Wildman–Crippen LogP) is 5.07. The molecular weight excluding hydrogens is 408 g/mol. The number of thioether (sulfide) groups is 1. The highest BCUT2D eigenvalue weighted by Crippen LogP contribution is 2.25. The fourth-order valence-electron chi connectivity index (χ4n) is 3.41. The summed E-state index contributed by atoms with van der Waals surface area (Å²) in [4.78, 5) is 15.9. The van der Waals surface area contributed by atoms with Crippen LogP contribution in [0.1, 0.15) is 33.1 Å². The van der Waals surface area contributed by atoms with Crippen LogP contribution in [0, 0.1) is 20.8 Å². The number of para-hydroxylation sites is 2. The summed E-state index contributed by atoms with van der Waals surface area (Å²) in [7, 11) is 0. The second-order valence-electron chi connectivity index (χ2n) is 7.33. The van der Waals surface area contributed by atoms with E-state index in [9.17, 15) is 4.79 Å². The van der Waals surface area contributed by atoms with Gasteiger partial charge >= 0.3 is 0 Å². The van der Waals surface area contributed by atoms with Gasteiger partial charge in [-0.15, -0.1) is 10.2 Å². The Bertz CT molecular complexity index is 1200. The van der Waals surface area contributed by atoms with E-state index in [1.54, 1.807) is 0 Å². The molecule has 2 aromatic heterocycles. The zero-order valence-corrected chi connectivity index (χ0v) is 18.6. The van der Waals surface area contributed by atoms with Crippen LogP contribution in [-0.4, -0.2) is 31.3 Å². The molecule has 6 nitrogen and oxygen atoms in total. The van der Waals surface area contributed by atoms with Crippen LogP contribution in [0.3, 0.4) is 0 Å². The number of H-pyrrole nitrogens is 1. The predicted molar refractivity (Wildman–Crippen MR) is 122 cm³/mol. The highest BCUT2D eigenvalue weighted by Gasteiger charge is 2.18. The third-order valence-electron chi connectivity index (χ3n) is 4.95. The van der Waals surface area contributed by atoms with Gasteiger partial charge in [0.05, 0.1) is 5.75 Å². The number of carbonyl (C=O) groups is 1. The van der Waals surface area contributed by atoms with Gasteiger partial charge in [0.25, 0.3) is 0 Å². The van der Waals surface area contributed by atoms with Crippen molar-refractivity contribution in [2.75, 3.05) is 5.75 Å². The number of ether oxygens (including phenoxy) is 1. The second kappa shape index (κ2) is 9.22. The highest BCUT2D eigenvalue weighted by molar-refractivity contribution is 7.99. The summed E-state index contributed by atoms with van der Waals surface area (Å²) in [6.45, 7) is 6.15. The lowest BCUT2D eigenvalue weighted by molar-refractivity contribution is 0.102. The number of hydrogen-bond acceptors (Lipinski definition) is 5. The van der Waals surface area contributed by atoms with E-state index >= 15 is 0 Å². The number of aromatic nitrogens is 4. The molecule has 0 fully saturated rings. The first-order valence-electron chi connectivity index (χ1n) is 10.0. The number of aryl methyl sites for hydroxylation is 3. The molecule has 4 aromatic rings. The molecule has 0 atom stereocenters. The smallest absolute Gasteiger partial charge is 0.196 e. The van der Waals surface area contributed by atoms with Crippen molar-refractivity contribution in [3.8, 4) is 11.4 Å². The molecule has 0 unspecified atom stereocenters. The molecular formula is C24H24N4O2S. The third kappa shape index (κ3) is 4.72. The Kier molecular flexibility index (Phi) is 6.23. The molecule has 7 heteroatoms. The first kappa shape index (κ1) is 20.9. The molecule has 0 aliphatic heterocycles. The number of carbonyl (C=O) groups excluding carboxylic acids is 1. The SMILES string of the molecule is Cc1cc(C(=O)CSc2nnc(COc3ccccc3C)n2-c2ccccc2)c(C)[nH]1. The summed E-state index contributed by atoms with van der Waals surface area (Å²) in [6.07, 6.45) is 0. The van der Waals surface area contributed by atoms with Crippen molar-refractivity contribution in [1.29, 1.82) is 0 Å². The number of ketones is 1. The molecule has 2 heterocycles. The van der Waals surface area contributed by atoms with Crippen LogP contribution < -0.4 is 4.74 Å². The number of Topliss-reactive ketones (excluding diaryl/α,β-unsaturated/α-hetero) is 1. The topological polar surface area (TPSA) is 72.8 Å². The minimum absolute atomic E-state index is 0.0622. The normalized spacial score (nSPS) is 10.9. The first-order valence-corrected chi connectivity index (χ1v) is 11.0. The Morgan fingerprint density at radius 2 is 1.77 bits per heavy atom. The lowest BCUT2D eigenvalue weighted by Gasteiger charge is -2.12. The zero-order chi connectivity index (χ0) is 21.8. The van der Waals surface area contributed by atoms with Gasteiger partial charge in [0.2, 0.25) is 0 Å². The standard InChI is InChI=1S/C24H24N4O2S/c1-16-9-7-8-12-22(16)30-14-23-26-27-24(28(23)19-10-5-4-6-11-19)31-15-21(29)20-13-17(2)25-18(20)3/h4-13,25H,14-15H2,1-3H3. The van der Waals surface area contributed by atoms with Gasteiger partial charge in [-0.3, -0.25) is 9.36 Å². The number of nitrogens with zero attached hydrogens (tertiary/aromatic N) is 3. The van der Waals surface area contributed by atoms with Crippen LogP contribution in [-0.2, 0) is 6.61 Å². The number of nitrogens with one attached hydrogen (secondary N) is 1. The summed E-state index contributed by atoms with van der Waals surface area (Å²) in [5, 5.41) is 9.38. The van der Waals surface area contributed by atoms with Crippen LogP contribution >= 0.6 is 11.8 Å². The van der Waals surface area contributed by atoms with Gasteiger partial charge < -0.3 is 9.72 Å². The van der Waals surface area contributed by atoms with E-state index in [1.807, 2.05) is 86.0 Å². The van der Waals surface area contributed by atoms with Crippen molar-refractivity contribution in [3.05, 3.63) is 89.0 Å². The molecule has 0 aliphatic carbocycles. The minimum Gasteiger partial charge on any atom is -0.485 e. The van der Waals surface area contributed by atoms with Gasteiger partial charge in [0.15, 0.2) is 16.8 Å². The summed E-state index contributed by atoms with van der Waals surface area (Å²) < 4.78 is 7.96. The Labute approximate surface area is 185 Å². The van der Waals surface area contributed by atoms with E-state index in [0.29, 0.717) is 11.0 Å². The fraction of sp³-hybridized carbons (Fsp3) is 0.208. The van der Waals surface area contributed by atoms with Crippen molar-refractivity contribution in [1.82, 2.24) is 19.7 Å². The van der Waals surface area contributed by atoms with Crippen LogP contribution in [0.2, 0.25) is 0 Å². The lowest BCUT2D eigenvalue weighted by atomic mass is 10.2. The molecule has 0 saturated carbocycles. The maximum atomic E-state index is 12.7. The van der Waals surface area contributed by atoms with E-state index in [4.69, 9.17) is 4.74 Å². The average molecular weight is 433 g/mol. The molecule has 158 valence electrons. The quantitative estimate of drug-likeness (QED) is 0.311. The van der Waals surface area contributed by atoms with Gasteiger partial charge in [-0.05, 0) is 50.6 Å². The number of hydrogen-bond donors (Lipinski definition) is 1. The van der Waals surface area contributed by atoms with E-state index in [-0.39, 0.29) is 18.1 Å². The Hall–Kier alpha value is -3.32. The lowest BCUT2D eigenvalue weighted by Crippen LogP contribution is -2.08. The van der Waals surface area contributed by atoms with Crippen molar-refractivity contribution in [3.63, 3.8) is 0 Å². The molecule has 1 N–H and O–H groups in total. The molecule has 31 heavy (non-hydrogen) atoms. The average Bonchev–Trinajstić information content (AvgIpc) is 3.34. The van der Waals surface area contributed by atoms with Gasteiger partial charge in [0, 0.05) is 22.6 Å². The zero-order valence-electron chi connectivity index (χ0n) is 17.8. The Morgan fingerprint density at radius 3 is 2.48 bits per heavy atom. The molecule has 0 bridgehead atoms. The van der Waals surface area contributed by atoms with Crippen molar-refractivity contribution in [2.45, 2.75) is 32.5 Å². The fourth-order valence-corrected chi connectivity index (χ4v) is 4.26. The molecule has 0 aliphatic rings. The minimum atomic E-state index is 0.0622. The van der Waals surface area contributed by atoms with Crippen LogP contribution in [0.15, 0.2) is 65.8 Å². The van der Waals surface area contributed by atoms with Crippen molar-refractivity contribution >= 4 is 17.5 Å². The Morgan fingerprint density at radius 1 is 1.03 bits per heavy atom. The van der Waals surface area contributed by atoms with Crippen molar-refractivity contribution < 1.29 is 9.53 Å². The maximum absolute atomic E-state index is 12.7. The van der Waals surface area contributed by atoms with E-state index in [0.717, 1.165) is 34.0 Å². The molecule has 0 spiro atoms. The second-order valence-corrected chi connectivity index (χ2v) is 8.27. The summed E-state index contributed by atoms with van der Waals surface area (Å²) in [6, 6.07) is 19.6. The van der Waals surface area contributed by atoms with Crippen LogP contribution in [0.4, 0.5) is 0 Å². The summed E-state index contributed by atoms with van der Waals surface area (Å²) in [5.74, 6) is 1.83. The monoisotopic (exact) mass is 432 g/mol. The van der Waals surface area contributed by atoms with Crippen molar-refractivity contribution in [2.24, 2.45) is 0 Å². The third-order valence-corrected chi connectivity index (χ3v) is 5.88.